The van der Waals surface area contributed by atoms with Crippen LogP contribution in [-0.4, -0.2) is 22.0 Å². The van der Waals surface area contributed by atoms with Gasteiger partial charge < -0.3 is 16.2 Å². The molecule has 0 aliphatic carbocycles. The third-order valence-corrected chi connectivity index (χ3v) is 3.41. The maximum absolute atomic E-state index is 12.1. The number of hydrogen-bond acceptors (Lipinski definition) is 4. The van der Waals surface area contributed by atoms with Gasteiger partial charge in [0.05, 0.1) is 16.9 Å². The van der Waals surface area contributed by atoms with Crippen LogP contribution in [0.4, 0.5) is 5.69 Å². The number of halogens is 1. The van der Waals surface area contributed by atoms with Gasteiger partial charge in [0.25, 0.3) is 5.91 Å². The van der Waals surface area contributed by atoms with Gasteiger partial charge in [-0.25, -0.2) is 4.79 Å². The van der Waals surface area contributed by atoms with E-state index in [0.717, 1.165) is 0 Å². The Labute approximate surface area is 129 Å². The highest BCUT2D eigenvalue weighted by Crippen LogP contribution is 2.24. The summed E-state index contributed by atoms with van der Waals surface area (Å²) in [6, 6.07) is 7.55. The van der Waals surface area contributed by atoms with Crippen molar-refractivity contribution in [2.45, 2.75) is 6.54 Å². The molecular formula is C14H12BrN3O3. The number of amides is 1. The molecule has 4 N–H and O–H groups in total. The molecule has 0 saturated heterocycles. The molecule has 7 heteroatoms. The van der Waals surface area contributed by atoms with Crippen LogP contribution in [-0.2, 0) is 6.54 Å². The molecule has 0 bridgehead atoms. The van der Waals surface area contributed by atoms with Crippen molar-refractivity contribution in [1.82, 2.24) is 4.98 Å². The van der Waals surface area contributed by atoms with Crippen molar-refractivity contribution in [3.05, 3.63) is 57.8 Å². The van der Waals surface area contributed by atoms with E-state index in [9.17, 15) is 9.59 Å². The zero-order chi connectivity index (χ0) is 15.4. The molecule has 0 spiro atoms. The number of nitrogens with zero attached hydrogens (tertiary/aromatic N) is 1. The molecule has 2 rings (SSSR count). The summed E-state index contributed by atoms with van der Waals surface area (Å²) >= 11 is 3.23. The number of carboxylic acid groups (broad SMARTS) is 1. The molecular weight excluding hydrogens is 338 g/mol. The van der Waals surface area contributed by atoms with Gasteiger partial charge >= 0.3 is 5.97 Å². The van der Waals surface area contributed by atoms with E-state index in [1.807, 2.05) is 0 Å². The lowest BCUT2D eigenvalue weighted by Crippen LogP contribution is -2.13. The highest BCUT2D eigenvalue weighted by molar-refractivity contribution is 9.10. The Bertz CT molecular complexity index is 704. The highest BCUT2D eigenvalue weighted by Gasteiger charge is 2.11. The van der Waals surface area contributed by atoms with Crippen LogP contribution < -0.4 is 11.1 Å². The Balaban J connectivity index is 2.21. The Morgan fingerprint density at radius 2 is 2.00 bits per heavy atom. The quantitative estimate of drug-likeness (QED) is 0.784. The number of anilines is 1. The summed E-state index contributed by atoms with van der Waals surface area (Å²) in [6.45, 7) is 0.248. The van der Waals surface area contributed by atoms with Gasteiger partial charge in [0, 0.05) is 22.8 Å². The normalized spacial score (nSPS) is 10.2. The zero-order valence-corrected chi connectivity index (χ0v) is 12.4. The summed E-state index contributed by atoms with van der Waals surface area (Å²) in [5, 5.41) is 11.6. The molecule has 108 valence electrons. The lowest BCUT2D eigenvalue weighted by molar-refractivity contribution is 0.0696. The average molecular weight is 350 g/mol. The van der Waals surface area contributed by atoms with E-state index in [2.05, 4.69) is 26.2 Å². The number of hydrogen-bond donors (Lipinski definition) is 3. The molecule has 21 heavy (non-hydrogen) atoms. The number of pyridine rings is 1. The third-order valence-electron chi connectivity index (χ3n) is 2.75. The second kappa shape index (κ2) is 6.47. The molecule has 2 aromatic rings. The van der Waals surface area contributed by atoms with Gasteiger partial charge in [-0.1, -0.05) is 0 Å². The summed E-state index contributed by atoms with van der Waals surface area (Å²) < 4.78 is 0.490. The number of benzene rings is 1. The maximum Gasteiger partial charge on any atom is 0.335 e. The Kier molecular flexibility index (Phi) is 4.66. The van der Waals surface area contributed by atoms with Crippen molar-refractivity contribution in [2.75, 3.05) is 5.32 Å². The summed E-state index contributed by atoms with van der Waals surface area (Å²) in [5.74, 6) is -1.36. The minimum atomic E-state index is -1.03. The standard InChI is InChI=1S/C14H12BrN3O3/c15-11-6-9(14(20)21)1-2-12(11)18-13(19)8-3-4-17-10(5-8)7-16/h1-6H,7,16H2,(H,18,19)(H,20,21). The second-order valence-corrected chi connectivity index (χ2v) is 5.05. The first-order valence-corrected chi connectivity index (χ1v) is 6.79. The SMILES string of the molecule is NCc1cc(C(=O)Nc2ccc(C(=O)O)cc2Br)ccn1. The maximum atomic E-state index is 12.1. The molecule has 0 atom stereocenters. The molecule has 1 amide bonds. The van der Waals surface area contributed by atoms with E-state index in [4.69, 9.17) is 10.8 Å². The Morgan fingerprint density at radius 3 is 2.62 bits per heavy atom. The highest BCUT2D eigenvalue weighted by atomic mass is 79.9. The number of rotatable bonds is 4. The van der Waals surface area contributed by atoms with Gasteiger partial charge in [0.1, 0.15) is 0 Å². The van der Waals surface area contributed by atoms with Crippen LogP contribution >= 0.6 is 15.9 Å². The van der Waals surface area contributed by atoms with Crippen molar-refractivity contribution in [3.63, 3.8) is 0 Å². The van der Waals surface area contributed by atoms with E-state index in [-0.39, 0.29) is 18.0 Å². The average Bonchev–Trinajstić information content (AvgIpc) is 2.49. The molecule has 0 fully saturated rings. The van der Waals surface area contributed by atoms with E-state index in [1.165, 1.54) is 24.4 Å². The second-order valence-electron chi connectivity index (χ2n) is 4.19. The predicted octanol–water partition coefficient (Wildman–Crippen LogP) is 2.25. The van der Waals surface area contributed by atoms with E-state index >= 15 is 0 Å². The minimum Gasteiger partial charge on any atom is -0.478 e. The number of aromatic carboxylic acids is 1. The van der Waals surface area contributed by atoms with Gasteiger partial charge in [0.15, 0.2) is 0 Å². The van der Waals surface area contributed by atoms with Crippen molar-refractivity contribution < 1.29 is 14.7 Å². The summed E-state index contributed by atoms with van der Waals surface area (Å²) in [7, 11) is 0. The first-order chi connectivity index (χ1) is 10.0. The lowest BCUT2D eigenvalue weighted by Gasteiger charge is -2.08. The summed E-state index contributed by atoms with van der Waals surface area (Å²) in [6.07, 6.45) is 1.51. The molecule has 1 aromatic heterocycles. The van der Waals surface area contributed by atoms with Crippen LogP contribution in [0.5, 0.6) is 0 Å². The number of nitrogens with two attached hydrogens (primary N) is 1. The fourth-order valence-electron chi connectivity index (χ4n) is 1.68. The van der Waals surface area contributed by atoms with Gasteiger partial charge in [-0.05, 0) is 46.3 Å². The van der Waals surface area contributed by atoms with Gasteiger partial charge in [-0.2, -0.15) is 0 Å². The zero-order valence-electron chi connectivity index (χ0n) is 10.8. The van der Waals surface area contributed by atoms with Crippen LogP contribution in [0.1, 0.15) is 26.4 Å². The Morgan fingerprint density at radius 1 is 1.24 bits per heavy atom. The molecule has 0 aliphatic rings. The van der Waals surface area contributed by atoms with Gasteiger partial charge in [0.2, 0.25) is 0 Å². The monoisotopic (exact) mass is 349 g/mol. The van der Waals surface area contributed by atoms with E-state index in [0.29, 0.717) is 21.4 Å². The molecule has 1 aromatic carbocycles. The van der Waals surface area contributed by atoms with Crippen LogP contribution in [0.2, 0.25) is 0 Å². The smallest absolute Gasteiger partial charge is 0.335 e. The third kappa shape index (κ3) is 3.65. The molecule has 0 unspecified atom stereocenters. The summed E-state index contributed by atoms with van der Waals surface area (Å²) in [5.41, 5.74) is 7.14. The molecule has 0 saturated carbocycles. The number of carbonyl (C=O) groups is 2. The molecule has 6 nitrogen and oxygen atoms in total. The van der Waals surface area contributed by atoms with Crippen LogP contribution in [0.3, 0.4) is 0 Å². The first-order valence-electron chi connectivity index (χ1n) is 6.00. The molecule has 0 aliphatic heterocycles. The minimum absolute atomic E-state index is 0.134. The van der Waals surface area contributed by atoms with Crippen LogP contribution in [0, 0.1) is 0 Å². The van der Waals surface area contributed by atoms with Crippen molar-refractivity contribution >= 4 is 33.5 Å². The van der Waals surface area contributed by atoms with Gasteiger partial charge in [-0.15, -0.1) is 0 Å². The number of nitrogens with one attached hydrogen (secondary N) is 1. The van der Waals surface area contributed by atoms with Crippen molar-refractivity contribution in [2.24, 2.45) is 5.73 Å². The van der Waals surface area contributed by atoms with Crippen LogP contribution in [0.25, 0.3) is 0 Å². The topological polar surface area (TPSA) is 105 Å². The van der Waals surface area contributed by atoms with Crippen LogP contribution in [0.15, 0.2) is 41.0 Å². The first kappa shape index (κ1) is 15.1. The summed E-state index contributed by atoms with van der Waals surface area (Å²) in [4.78, 5) is 27.0. The fraction of sp³-hybridized carbons (Fsp3) is 0.0714. The molecule has 1 heterocycles. The van der Waals surface area contributed by atoms with E-state index < -0.39 is 5.97 Å². The fourth-order valence-corrected chi connectivity index (χ4v) is 2.15. The predicted molar refractivity (Wildman–Crippen MR) is 81.2 cm³/mol. The number of carbonyl (C=O) groups excluding carboxylic acids is 1. The number of aromatic nitrogens is 1. The number of carboxylic acids is 1. The lowest BCUT2D eigenvalue weighted by atomic mass is 10.2. The van der Waals surface area contributed by atoms with E-state index in [1.54, 1.807) is 12.1 Å². The van der Waals surface area contributed by atoms with Crippen molar-refractivity contribution in [1.29, 1.82) is 0 Å². The largest absolute Gasteiger partial charge is 0.478 e. The van der Waals surface area contributed by atoms with Gasteiger partial charge in [-0.3, -0.25) is 9.78 Å². The molecule has 0 radical (unpaired) electrons. The van der Waals surface area contributed by atoms with Crippen molar-refractivity contribution in [3.8, 4) is 0 Å². The Hall–Kier alpha value is -2.25.